The average Bonchev–Trinajstić information content (AvgIpc) is 3.37. The first-order chi connectivity index (χ1) is 11.6. The van der Waals surface area contributed by atoms with Gasteiger partial charge in [-0.15, -0.1) is 0 Å². The van der Waals surface area contributed by atoms with Gasteiger partial charge in [0.05, 0.1) is 5.60 Å². The van der Waals surface area contributed by atoms with E-state index in [9.17, 15) is 10.2 Å². The van der Waals surface area contributed by atoms with Crippen LogP contribution in [0.15, 0.2) is 18.2 Å². The number of benzene rings is 1. The number of rotatable bonds is 2. The zero-order valence-electron chi connectivity index (χ0n) is 14.3. The molecule has 1 aromatic rings. The van der Waals surface area contributed by atoms with E-state index in [2.05, 4.69) is 16.3 Å². The molecule has 0 radical (unpaired) electrons. The number of aliphatic hydroxyl groups is 1. The van der Waals surface area contributed by atoms with Crippen molar-refractivity contribution in [3.63, 3.8) is 0 Å². The second kappa shape index (κ2) is 5.20. The highest BCUT2D eigenvalue weighted by molar-refractivity contribution is 5.48. The second-order valence-electron chi connectivity index (χ2n) is 8.51. The summed E-state index contributed by atoms with van der Waals surface area (Å²) in [5.41, 5.74) is 1.68. The molecule has 2 aliphatic carbocycles. The summed E-state index contributed by atoms with van der Waals surface area (Å²) >= 11 is 0. The summed E-state index contributed by atoms with van der Waals surface area (Å²) in [4.78, 5) is 2.59. The minimum Gasteiger partial charge on any atom is -0.508 e. The number of aromatic hydroxyl groups is 1. The molecular formula is C20H28N2O2. The van der Waals surface area contributed by atoms with Crippen LogP contribution in [0.4, 0.5) is 0 Å². The molecule has 0 spiro atoms. The fourth-order valence-electron chi connectivity index (χ4n) is 5.83. The van der Waals surface area contributed by atoms with Gasteiger partial charge in [0, 0.05) is 18.0 Å². The summed E-state index contributed by atoms with van der Waals surface area (Å²) < 4.78 is 0. The van der Waals surface area contributed by atoms with Crippen LogP contribution in [-0.4, -0.2) is 52.9 Å². The summed E-state index contributed by atoms with van der Waals surface area (Å²) in [6, 6.07) is 6.08. The van der Waals surface area contributed by atoms with Gasteiger partial charge < -0.3 is 15.5 Å². The lowest BCUT2D eigenvalue weighted by Gasteiger charge is -2.61. The molecule has 24 heavy (non-hydrogen) atoms. The number of hydrogen-bond donors (Lipinski definition) is 3. The van der Waals surface area contributed by atoms with E-state index in [-0.39, 0.29) is 11.5 Å². The number of nitrogens with one attached hydrogen (secondary N) is 1. The van der Waals surface area contributed by atoms with Crippen LogP contribution in [-0.2, 0) is 11.8 Å². The maximum atomic E-state index is 12.0. The first kappa shape index (κ1) is 15.2. The normalized spacial score (nSPS) is 39.0. The number of hydrogen-bond acceptors (Lipinski definition) is 4. The van der Waals surface area contributed by atoms with Gasteiger partial charge in [-0.2, -0.15) is 0 Å². The standard InChI is InChI=1S/C20H28N2O2/c23-16-4-3-15-11-18-20(24)6-9-21-8-5-19(20,17(15)12-16)7-10-22(18)13-14-1-2-14/h3-4,12,14,18,21,23-24H,1-2,5-11,13H2. The Morgan fingerprint density at radius 1 is 1.17 bits per heavy atom. The van der Waals surface area contributed by atoms with Crippen LogP contribution in [0, 0.1) is 5.92 Å². The molecule has 1 saturated carbocycles. The third-order valence-electron chi connectivity index (χ3n) is 7.27. The molecule has 2 heterocycles. The molecule has 4 aliphatic rings. The number of phenolic OH excluding ortho intramolecular Hbond substituents is 1. The van der Waals surface area contributed by atoms with E-state index in [0.29, 0.717) is 5.75 Å². The van der Waals surface area contributed by atoms with E-state index < -0.39 is 5.60 Å². The van der Waals surface area contributed by atoms with Gasteiger partial charge in [-0.1, -0.05) is 6.07 Å². The van der Waals surface area contributed by atoms with Crippen molar-refractivity contribution in [1.29, 1.82) is 0 Å². The van der Waals surface area contributed by atoms with E-state index in [4.69, 9.17) is 0 Å². The monoisotopic (exact) mass is 328 g/mol. The number of phenols is 1. The molecular weight excluding hydrogens is 300 g/mol. The average molecular weight is 328 g/mol. The van der Waals surface area contributed by atoms with Crippen LogP contribution in [0.3, 0.4) is 0 Å². The van der Waals surface area contributed by atoms with Gasteiger partial charge >= 0.3 is 0 Å². The fourth-order valence-corrected chi connectivity index (χ4v) is 5.83. The Morgan fingerprint density at radius 2 is 2.00 bits per heavy atom. The molecule has 3 atom stereocenters. The van der Waals surface area contributed by atoms with Crippen molar-refractivity contribution in [1.82, 2.24) is 10.2 Å². The lowest BCUT2D eigenvalue weighted by molar-refractivity contribution is -0.148. The summed E-state index contributed by atoms with van der Waals surface area (Å²) in [5, 5.41) is 25.6. The van der Waals surface area contributed by atoms with Gasteiger partial charge in [0.2, 0.25) is 0 Å². The predicted octanol–water partition coefficient (Wildman–Crippen LogP) is 1.78. The zero-order valence-corrected chi connectivity index (χ0v) is 14.3. The van der Waals surface area contributed by atoms with Gasteiger partial charge in [0.25, 0.3) is 0 Å². The Morgan fingerprint density at radius 3 is 2.83 bits per heavy atom. The highest BCUT2D eigenvalue weighted by Crippen LogP contribution is 2.56. The maximum Gasteiger partial charge on any atom is 0.115 e. The molecule has 130 valence electrons. The highest BCUT2D eigenvalue weighted by Gasteiger charge is 2.62. The molecule has 3 N–H and O–H groups in total. The Kier molecular flexibility index (Phi) is 3.29. The largest absolute Gasteiger partial charge is 0.508 e. The van der Waals surface area contributed by atoms with Crippen LogP contribution < -0.4 is 5.32 Å². The molecule has 2 saturated heterocycles. The number of fused-ring (bicyclic) bond motifs is 1. The van der Waals surface area contributed by atoms with Crippen molar-refractivity contribution < 1.29 is 10.2 Å². The van der Waals surface area contributed by atoms with E-state index in [1.165, 1.54) is 24.0 Å². The number of piperidine rings is 1. The van der Waals surface area contributed by atoms with E-state index >= 15 is 0 Å². The molecule has 3 fully saturated rings. The van der Waals surface area contributed by atoms with E-state index in [1.54, 1.807) is 0 Å². The van der Waals surface area contributed by atoms with Crippen molar-refractivity contribution in [2.75, 3.05) is 26.2 Å². The minimum atomic E-state index is -0.676. The van der Waals surface area contributed by atoms with Crippen molar-refractivity contribution in [3.05, 3.63) is 29.3 Å². The van der Waals surface area contributed by atoms with E-state index in [0.717, 1.165) is 57.8 Å². The Hall–Kier alpha value is -1.10. The van der Waals surface area contributed by atoms with Crippen LogP contribution in [0.25, 0.3) is 0 Å². The molecule has 3 unspecified atom stereocenters. The molecule has 1 aromatic carbocycles. The van der Waals surface area contributed by atoms with Gasteiger partial charge in [-0.25, -0.2) is 0 Å². The fraction of sp³-hybridized carbons (Fsp3) is 0.700. The molecule has 2 bridgehead atoms. The first-order valence-corrected chi connectivity index (χ1v) is 9.62. The van der Waals surface area contributed by atoms with Gasteiger partial charge in [-0.3, -0.25) is 4.90 Å². The zero-order chi connectivity index (χ0) is 16.4. The lowest BCUT2D eigenvalue weighted by Crippen LogP contribution is -2.71. The van der Waals surface area contributed by atoms with E-state index in [1.807, 2.05) is 12.1 Å². The summed E-state index contributed by atoms with van der Waals surface area (Å²) in [7, 11) is 0. The van der Waals surface area contributed by atoms with Gasteiger partial charge in [0.15, 0.2) is 0 Å². The second-order valence-corrected chi connectivity index (χ2v) is 8.51. The van der Waals surface area contributed by atoms with Crippen molar-refractivity contribution in [3.8, 4) is 5.75 Å². The van der Waals surface area contributed by atoms with Gasteiger partial charge in [-0.05, 0) is 87.3 Å². The molecule has 4 nitrogen and oxygen atoms in total. The van der Waals surface area contributed by atoms with Crippen LogP contribution in [0.2, 0.25) is 0 Å². The molecule has 0 amide bonds. The Balaban J connectivity index is 1.65. The van der Waals surface area contributed by atoms with Crippen LogP contribution in [0.1, 0.15) is 43.2 Å². The smallest absolute Gasteiger partial charge is 0.115 e. The maximum absolute atomic E-state index is 12.0. The summed E-state index contributed by atoms with van der Waals surface area (Å²) in [6.45, 7) is 4.08. The number of nitrogens with zero attached hydrogens (tertiary/aromatic N) is 1. The summed E-state index contributed by atoms with van der Waals surface area (Å²) in [5.74, 6) is 1.19. The molecule has 0 aromatic heterocycles. The van der Waals surface area contributed by atoms with Crippen molar-refractivity contribution >= 4 is 0 Å². The molecule has 2 aliphatic heterocycles. The SMILES string of the molecule is Oc1ccc2c(c1)C13CCNCCC1(O)C(C2)N(CC1CC1)CC3. The third kappa shape index (κ3) is 2.03. The number of likely N-dealkylation sites (tertiary alicyclic amines) is 1. The Bertz CT molecular complexity index is 659. The molecule has 4 heteroatoms. The van der Waals surface area contributed by atoms with Crippen LogP contribution >= 0.6 is 0 Å². The van der Waals surface area contributed by atoms with Crippen molar-refractivity contribution in [2.45, 2.75) is 55.6 Å². The van der Waals surface area contributed by atoms with Crippen LogP contribution in [0.5, 0.6) is 5.75 Å². The lowest BCUT2D eigenvalue weighted by atomic mass is 9.52. The predicted molar refractivity (Wildman–Crippen MR) is 93.2 cm³/mol. The minimum absolute atomic E-state index is 0.201. The topological polar surface area (TPSA) is 55.7 Å². The van der Waals surface area contributed by atoms with Crippen molar-refractivity contribution in [2.24, 2.45) is 5.92 Å². The first-order valence-electron chi connectivity index (χ1n) is 9.62. The van der Waals surface area contributed by atoms with Gasteiger partial charge in [0.1, 0.15) is 5.75 Å². The Labute approximate surface area is 143 Å². The summed E-state index contributed by atoms with van der Waals surface area (Å²) in [6.07, 6.45) is 6.42. The molecule has 5 rings (SSSR count). The quantitative estimate of drug-likeness (QED) is 0.775. The third-order valence-corrected chi connectivity index (χ3v) is 7.27. The highest BCUT2D eigenvalue weighted by atomic mass is 16.3.